The molecule has 2 heterocycles. The number of hydrogen-bond acceptors (Lipinski definition) is 6. The lowest BCUT2D eigenvalue weighted by Crippen LogP contribution is -2.28. The molecule has 0 aromatic carbocycles. The Kier molecular flexibility index (Phi) is 1.73. The van der Waals surface area contributed by atoms with Gasteiger partial charge in [-0.25, -0.2) is 4.79 Å². The van der Waals surface area contributed by atoms with Gasteiger partial charge in [0.25, 0.3) is 5.91 Å². The number of carbonyl (C=O) groups is 2. The molecule has 13 heavy (non-hydrogen) atoms. The van der Waals surface area contributed by atoms with E-state index < -0.39 is 5.97 Å². The average Bonchev–Trinajstić information content (AvgIpc) is 2.57. The summed E-state index contributed by atoms with van der Waals surface area (Å²) in [6.45, 7) is -0.252. The number of fused-ring (bicyclic) bond motifs is 1. The molecule has 0 N–H and O–H groups in total. The minimum absolute atomic E-state index is 0.110. The molecule has 1 aromatic heterocycles. The number of anilines is 1. The van der Waals surface area contributed by atoms with Crippen molar-refractivity contribution in [3.05, 3.63) is 5.69 Å². The third-order valence-electron chi connectivity index (χ3n) is 1.68. The molecule has 1 aromatic rings. The lowest BCUT2D eigenvalue weighted by molar-refractivity contribution is -0.121. The van der Waals surface area contributed by atoms with Crippen LogP contribution < -0.4 is 4.90 Å². The first kappa shape index (κ1) is 8.11. The molecule has 0 saturated heterocycles. The molecule has 0 bridgehead atoms. The summed E-state index contributed by atoms with van der Waals surface area (Å²) in [5.74, 6) is -0.626. The number of likely N-dealkylation sites (N-methyl/N-ethyl adjacent to an activating group) is 1. The number of esters is 1. The van der Waals surface area contributed by atoms with E-state index in [1.807, 2.05) is 0 Å². The fraction of sp³-hybridized carbons (Fsp3) is 0.333. The van der Waals surface area contributed by atoms with Crippen molar-refractivity contribution in [2.75, 3.05) is 18.6 Å². The van der Waals surface area contributed by atoms with Crippen molar-refractivity contribution < 1.29 is 14.3 Å². The molecule has 1 aliphatic rings. The molecule has 68 valence electrons. The van der Waals surface area contributed by atoms with Gasteiger partial charge in [-0.3, -0.25) is 9.69 Å². The van der Waals surface area contributed by atoms with Crippen LogP contribution >= 0.6 is 11.7 Å². The number of rotatable bonds is 0. The third-order valence-corrected chi connectivity index (χ3v) is 2.20. The van der Waals surface area contributed by atoms with Crippen LogP contribution in [-0.2, 0) is 9.53 Å². The molecule has 0 radical (unpaired) electrons. The second-order valence-electron chi connectivity index (χ2n) is 2.47. The summed E-state index contributed by atoms with van der Waals surface area (Å²) in [6.07, 6.45) is 0. The van der Waals surface area contributed by atoms with Crippen molar-refractivity contribution in [2.24, 2.45) is 0 Å². The number of amides is 1. The van der Waals surface area contributed by atoms with E-state index in [4.69, 9.17) is 0 Å². The van der Waals surface area contributed by atoms with Crippen LogP contribution in [0.3, 0.4) is 0 Å². The molecule has 0 fully saturated rings. The summed E-state index contributed by atoms with van der Waals surface area (Å²) in [5.41, 5.74) is 0.110. The van der Waals surface area contributed by atoms with Crippen molar-refractivity contribution in [1.29, 1.82) is 0 Å². The van der Waals surface area contributed by atoms with Gasteiger partial charge in [-0.2, -0.15) is 8.75 Å². The van der Waals surface area contributed by atoms with Gasteiger partial charge in [0, 0.05) is 7.05 Å². The molecule has 0 atom stereocenters. The summed E-state index contributed by atoms with van der Waals surface area (Å²) < 4.78 is 12.2. The van der Waals surface area contributed by atoms with Gasteiger partial charge in [0.05, 0.1) is 11.7 Å². The largest absolute Gasteiger partial charge is 0.451 e. The van der Waals surface area contributed by atoms with Crippen LogP contribution in [0.4, 0.5) is 5.82 Å². The van der Waals surface area contributed by atoms with E-state index in [1.54, 1.807) is 0 Å². The zero-order chi connectivity index (χ0) is 9.42. The first-order valence-electron chi connectivity index (χ1n) is 3.46. The molecule has 0 spiro atoms. The number of ether oxygens (including phenoxy) is 1. The summed E-state index contributed by atoms with van der Waals surface area (Å²) in [4.78, 5) is 23.6. The monoisotopic (exact) mass is 199 g/mol. The first-order valence-corrected chi connectivity index (χ1v) is 4.19. The quantitative estimate of drug-likeness (QED) is 0.535. The van der Waals surface area contributed by atoms with Gasteiger partial charge in [0.1, 0.15) is 0 Å². The highest BCUT2D eigenvalue weighted by Crippen LogP contribution is 2.20. The number of hydrogen-bond donors (Lipinski definition) is 0. The van der Waals surface area contributed by atoms with Gasteiger partial charge in [0.2, 0.25) is 5.69 Å². The van der Waals surface area contributed by atoms with Gasteiger partial charge in [-0.05, 0) is 0 Å². The topological polar surface area (TPSA) is 72.4 Å². The number of cyclic esters (lactones) is 1. The number of carbonyl (C=O) groups excluding carboxylic acids is 2. The maximum atomic E-state index is 11.2. The fourth-order valence-electron chi connectivity index (χ4n) is 0.943. The van der Waals surface area contributed by atoms with Gasteiger partial charge >= 0.3 is 5.97 Å². The van der Waals surface area contributed by atoms with E-state index >= 15 is 0 Å². The number of aromatic nitrogens is 2. The van der Waals surface area contributed by atoms with Crippen LogP contribution in [0.15, 0.2) is 0 Å². The summed E-state index contributed by atoms with van der Waals surface area (Å²) >= 11 is 0.879. The average molecular weight is 199 g/mol. The van der Waals surface area contributed by atoms with E-state index in [0.717, 1.165) is 11.7 Å². The first-order chi connectivity index (χ1) is 6.20. The van der Waals surface area contributed by atoms with E-state index in [9.17, 15) is 9.59 Å². The maximum Gasteiger partial charge on any atom is 0.362 e. The highest BCUT2D eigenvalue weighted by atomic mass is 32.1. The Morgan fingerprint density at radius 2 is 2.23 bits per heavy atom. The molecule has 0 unspecified atom stereocenters. The van der Waals surface area contributed by atoms with E-state index in [-0.39, 0.29) is 24.0 Å². The molecule has 7 heteroatoms. The minimum atomic E-state index is -0.596. The van der Waals surface area contributed by atoms with Crippen LogP contribution in [0.25, 0.3) is 0 Å². The standard InChI is InChI=1S/C6H5N3O3S/c1-9-3(10)2-12-6(11)4-5(9)8-13-7-4/h2H2,1H3. The zero-order valence-corrected chi connectivity index (χ0v) is 7.50. The van der Waals surface area contributed by atoms with Crippen molar-refractivity contribution in [3.8, 4) is 0 Å². The zero-order valence-electron chi connectivity index (χ0n) is 6.68. The third kappa shape index (κ3) is 1.17. The fourth-order valence-corrected chi connectivity index (χ4v) is 1.51. The van der Waals surface area contributed by atoms with Crippen LogP contribution in [-0.4, -0.2) is 34.3 Å². The Labute approximate surface area is 77.4 Å². The van der Waals surface area contributed by atoms with Crippen LogP contribution in [0.1, 0.15) is 10.5 Å². The van der Waals surface area contributed by atoms with Crippen molar-refractivity contribution in [1.82, 2.24) is 8.75 Å². The van der Waals surface area contributed by atoms with Gasteiger partial charge in [0.15, 0.2) is 12.4 Å². The van der Waals surface area contributed by atoms with Crippen LogP contribution in [0.5, 0.6) is 0 Å². The van der Waals surface area contributed by atoms with Gasteiger partial charge in [-0.1, -0.05) is 0 Å². The van der Waals surface area contributed by atoms with Gasteiger partial charge in [-0.15, -0.1) is 0 Å². The second kappa shape index (κ2) is 2.77. The molecule has 1 aliphatic heterocycles. The molecular formula is C6H5N3O3S. The van der Waals surface area contributed by atoms with E-state index in [2.05, 4.69) is 13.5 Å². The predicted octanol–water partition coefficient (Wildman–Crippen LogP) is -0.329. The Morgan fingerprint density at radius 3 is 3.00 bits per heavy atom. The highest BCUT2D eigenvalue weighted by molar-refractivity contribution is 6.99. The van der Waals surface area contributed by atoms with E-state index in [1.165, 1.54) is 11.9 Å². The molecular weight excluding hydrogens is 194 g/mol. The summed E-state index contributed by atoms with van der Waals surface area (Å²) in [5, 5.41) is 0. The lowest BCUT2D eigenvalue weighted by Gasteiger charge is -2.09. The minimum Gasteiger partial charge on any atom is -0.451 e. The normalized spacial score (nSPS) is 16.5. The Morgan fingerprint density at radius 1 is 1.46 bits per heavy atom. The summed E-state index contributed by atoms with van der Waals surface area (Å²) in [6, 6.07) is 0. The van der Waals surface area contributed by atoms with Gasteiger partial charge < -0.3 is 4.74 Å². The van der Waals surface area contributed by atoms with Crippen molar-refractivity contribution >= 4 is 29.4 Å². The van der Waals surface area contributed by atoms with Crippen molar-refractivity contribution in [2.45, 2.75) is 0 Å². The molecule has 2 rings (SSSR count). The Hall–Kier alpha value is -1.50. The molecule has 6 nitrogen and oxygen atoms in total. The van der Waals surface area contributed by atoms with E-state index in [0.29, 0.717) is 0 Å². The SMILES string of the molecule is CN1C(=O)COC(=O)c2nsnc21. The molecule has 0 aliphatic carbocycles. The molecule has 1 amide bonds. The Balaban J connectivity index is 2.52. The molecule has 0 saturated carbocycles. The van der Waals surface area contributed by atoms with Crippen molar-refractivity contribution in [3.63, 3.8) is 0 Å². The summed E-state index contributed by atoms with van der Waals surface area (Å²) in [7, 11) is 1.53. The highest BCUT2D eigenvalue weighted by Gasteiger charge is 2.28. The van der Waals surface area contributed by atoms with Crippen LogP contribution in [0.2, 0.25) is 0 Å². The van der Waals surface area contributed by atoms with Crippen LogP contribution in [0, 0.1) is 0 Å². The predicted molar refractivity (Wildman–Crippen MR) is 43.6 cm³/mol. The Bertz CT molecular complexity index is 375. The lowest BCUT2D eigenvalue weighted by atomic mass is 10.4. The smallest absolute Gasteiger partial charge is 0.362 e. The second-order valence-corrected chi connectivity index (χ2v) is 2.99. The maximum absolute atomic E-state index is 11.2. The number of nitrogens with zero attached hydrogens (tertiary/aromatic N) is 3.